The molecule has 2 aromatic carbocycles. The van der Waals surface area contributed by atoms with E-state index in [4.69, 9.17) is 4.74 Å². The Hall–Kier alpha value is -3.15. The molecule has 0 aliphatic heterocycles. The van der Waals surface area contributed by atoms with Gasteiger partial charge in [0.1, 0.15) is 11.5 Å². The first kappa shape index (κ1) is 17.7. The second-order valence-corrected chi connectivity index (χ2v) is 6.41. The molecule has 0 aromatic heterocycles. The Labute approximate surface area is 150 Å². The Morgan fingerprint density at radius 3 is 2.38 bits per heavy atom. The van der Waals surface area contributed by atoms with Crippen molar-refractivity contribution in [1.82, 2.24) is 0 Å². The number of Topliss-reactive ketones (excluding diaryl/α,β-unsaturated/α-hetero) is 1. The smallest absolute Gasteiger partial charge is 0.303 e. The van der Waals surface area contributed by atoms with Crippen molar-refractivity contribution in [1.29, 1.82) is 0 Å². The molecule has 6 heteroatoms. The zero-order valence-corrected chi connectivity index (χ0v) is 14.6. The molecule has 0 heterocycles. The zero-order chi connectivity index (χ0) is 19.2. The molecule has 0 bridgehead atoms. The number of benzene rings is 2. The summed E-state index contributed by atoms with van der Waals surface area (Å²) in [5.74, 6) is -3.04. The number of esters is 1. The van der Waals surface area contributed by atoms with Crippen LogP contribution in [0.1, 0.15) is 52.4 Å². The highest BCUT2D eigenvalue weighted by Gasteiger charge is 2.40. The molecule has 2 atom stereocenters. The van der Waals surface area contributed by atoms with Crippen LogP contribution in [0.2, 0.25) is 0 Å². The molecule has 0 saturated carbocycles. The van der Waals surface area contributed by atoms with E-state index in [-0.39, 0.29) is 22.6 Å². The van der Waals surface area contributed by atoms with Gasteiger partial charge in [-0.05, 0) is 42.7 Å². The highest BCUT2D eigenvalue weighted by atomic mass is 16.5. The van der Waals surface area contributed by atoms with E-state index in [9.17, 15) is 24.6 Å². The van der Waals surface area contributed by atoms with E-state index in [0.717, 1.165) is 0 Å². The van der Waals surface area contributed by atoms with Gasteiger partial charge in [0.25, 0.3) is 0 Å². The fourth-order valence-electron chi connectivity index (χ4n) is 3.46. The lowest BCUT2D eigenvalue weighted by Crippen LogP contribution is -2.33. The normalized spacial score (nSPS) is 16.4. The van der Waals surface area contributed by atoms with Crippen molar-refractivity contribution in [2.75, 3.05) is 0 Å². The summed E-state index contributed by atoms with van der Waals surface area (Å²) in [5.41, 5.74) is 1.31. The molecule has 0 fully saturated rings. The van der Waals surface area contributed by atoms with Crippen LogP contribution in [0, 0.1) is 6.92 Å². The fraction of sp³-hybridized carbons (Fsp3) is 0.250. The molecule has 0 amide bonds. The van der Waals surface area contributed by atoms with Crippen LogP contribution >= 0.6 is 0 Å². The van der Waals surface area contributed by atoms with Gasteiger partial charge in [0.15, 0.2) is 11.9 Å². The average molecular weight is 354 g/mol. The predicted octanol–water partition coefficient (Wildman–Crippen LogP) is 2.60. The number of hydrogen-bond donors (Lipinski definition) is 2. The number of carbonyl (C=O) groups is 3. The molecule has 0 unspecified atom stereocenters. The molecule has 2 N–H and O–H groups in total. The summed E-state index contributed by atoms with van der Waals surface area (Å²) in [6, 6.07) is 7.56. The standard InChI is InChI=1S/C20H18O6/c1-9-7-13-16(19(24)10(2)26-11(3)21)12-5-4-6-14(22)17(12)20(25)18(13)15(23)8-9/h4-8,10,16,22-23H,1-3H3/t10-,16-/m0/s1. The van der Waals surface area contributed by atoms with E-state index in [0.29, 0.717) is 16.7 Å². The third-order valence-corrected chi connectivity index (χ3v) is 4.47. The van der Waals surface area contributed by atoms with E-state index in [1.165, 1.54) is 26.0 Å². The van der Waals surface area contributed by atoms with Gasteiger partial charge < -0.3 is 14.9 Å². The van der Waals surface area contributed by atoms with E-state index >= 15 is 0 Å². The quantitative estimate of drug-likeness (QED) is 0.822. The van der Waals surface area contributed by atoms with E-state index in [2.05, 4.69) is 0 Å². The molecule has 1 aliphatic carbocycles. The lowest BCUT2D eigenvalue weighted by Gasteiger charge is -2.29. The molecule has 6 nitrogen and oxygen atoms in total. The van der Waals surface area contributed by atoms with Crippen LogP contribution in [0.3, 0.4) is 0 Å². The topological polar surface area (TPSA) is 101 Å². The van der Waals surface area contributed by atoms with Gasteiger partial charge in [0.2, 0.25) is 5.78 Å². The van der Waals surface area contributed by atoms with Crippen LogP contribution in [-0.4, -0.2) is 33.9 Å². The predicted molar refractivity (Wildman–Crippen MR) is 92.5 cm³/mol. The van der Waals surface area contributed by atoms with Crippen molar-refractivity contribution in [2.45, 2.75) is 32.8 Å². The lowest BCUT2D eigenvalue weighted by molar-refractivity contribution is -0.152. The van der Waals surface area contributed by atoms with Crippen molar-refractivity contribution in [3.63, 3.8) is 0 Å². The maximum atomic E-state index is 13.0. The molecule has 0 saturated heterocycles. The third kappa shape index (κ3) is 2.73. The Balaban J connectivity index is 2.27. The third-order valence-electron chi connectivity index (χ3n) is 4.47. The first-order valence-corrected chi connectivity index (χ1v) is 8.13. The number of fused-ring (bicyclic) bond motifs is 2. The Bertz CT molecular complexity index is 944. The lowest BCUT2D eigenvalue weighted by atomic mass is 9.73. The summed E-state index contributed by atoms with van der Waals surface area (Å²) in [6.45, 7) is 4.40. The first-order chi connectivity index (χ1) is 12.2. The number of phenols is 2. The molecule has 26 heavy (non-hydrogen) atoms. The first-order valence-electron chi connectivity index (χ1n) is 8.13. The van der Waals surface area contributed by atoms with Crippen molar-refractivity contribution < 1.29 is 29.3 Å². The monoisotopic (exact) mass is 354 g/mol. The highest BCUT2D eigenvalue weighted by Crippen LogP contribution is 2.44. The highest BCUT2D eigenvalue weighted by molar-refractivity contribution is 6.18. The summed E-state index contributed by atoms with van der Waals surface area (Å²) in [7, 11) is 0. The molecule has 3 rings (SSSR count). The molecule has 0 spiro atoms. The maximum Gasteiger partial charge on any atom is 0.303 e. The number of aromatic hydroxyl groups is 2. The molecular weight excluding hydrogens is 336 g/mol. The average Bonchev–Trinajstić information content (AvgIpc) is 2.53. The summed E-state index contributed by atoms with van der Waals surface area (Å²) < 4.78 is 5.01. The van der Waals surface area contributed by atoms with E-state index in [1.54, 1.807) is 25.1 Å². The van der Waals surface area contributed by atoms with E-state index in [1.807, 2.05) is 0 Å². The van der Waals surface area contributed by atoms with Crippen LogP contribution in [0.25, 0.3) is 0 Å². The van der Waals surface area contributed by atoms with Gasteiger partial charge >= 0.3 is 5.97 Å². The Kier molecular flexibility index (Phi) is 4.28. The second-order valence-electron chi connectivity index (χ2n) is 6.41. The van der Waals surface area contributed by atoms with Gasteiger partial charge in [0.05, 0.1) is 17.0 Å². The summed E-state index contributed by atoms with van der Waals surface area (Å²) >= 11 is 0. The van der Waals surface area contributed by atoms with E-state index < -0.39 is 29.6 Å². The second kappa shape index (κ2) is 6.29. The largest absolute Gasteiger partial charge is 0.507 e. The van der Waals surface area contributed by atoms with Crippen molar-refractivity contribution in [3.05, 3.63) is 58.1 Å². The summed E-state index contributed by atoms with van der Waals surface area (Å²) in [5, 5.41) is 20.5. The van der Waals surface area contributed by atoms with Crippen LogP contribution in [-0.2, 0) is 14.3 Å². The number of phenolic OH excluding ortho intramolecular Hbond substituents is 2. The van der Waals surface area contributed by atoms with Gasteiger partial charge in [-0.15, -0.1) is 0 Å². The minimum absolute atomic E-state index is 0.0158. The van der Waals surface area contributed by atoms with Crippen LogP contribution < -0.4 is 0 Å². The van der Waals surface area contributed by atoms with Gasteiger partial charge in [-0.25, -0.2) is 0 Å². The number of ether oxygens (including phenoxy) is 1. The molecule has 0 radical (unpaired) electrons. The number of ketones is 2. The number of rotatable bonds is 3. The number of aryl methyl sites for hydroxylation is 1. The maximum absolute atomic E-state index is 13.0. The summed E-state index contributed by atoms with van der Waals surface area (Å²) in [4.78, 5) is 37.1. The Morgan fingerprint density at radius 1 is 1.08 bits per heavy atom. The zero-order valence-electron chi connectivity index (χ0n) is 14.6. The molecular formula is C20H18O6. The van der Waals surface area contributed by atoms with Gasteiger partial charge in [-0.2, -0.15) is 0 Å². The minimum Gasteiger partial charge on any atom is -0.507 e. The number of carbonyl (C=O) groups excluding carboxylic acids is 3. The minimum atomic E-state index is -1.04. The van der Waals surface area contributed by atoms with Gasteiger partial charge in [-0.3, -0.25) is 14.4 Å². The summed E-state index contributed by atoms with van der Waals surface area (Å²) in [6.07, 6.45) is -1.04. The van der Waals surface area contributed by atoms with Crippen LogP contribution in [0.5, 0.6) is 11.5 Å². The SMILES string of the molecule is CC(=O)O[C@@H](C)C(=O)[C@H]1c2cccc(O)c2C(=O)c2c(O)cc(C)cc21. The van der Waals surface area contributed by atoms with Gasteiger partial charge in [-0.1, -0.05) is 18.2 Å². The Morgan fingerprint density at radius 2 is 1.73 bits per heavy atom. The van der Waals surface area contributed by atoms with Crippen molar-refractivity contribution in [2.24, 2.45) is 0 Å². The van der Waals surface area contributed by atoms with Crippen molar-refractivity contribution in [3.8, 4) is 11.5 Å². The molecule has 134 valence electrons. The number of hydrogen-bond acceptors (Lipinski definition) is 6. The van der Waals surface area contributed by atoms with Crippen molar-refractivity contribution >= 4 is 17.5 Å². The van der Waals surface area contributed by atoms with Gasteiger partial charge in [0, 0.05) is 6.92 Å². The molecule has 1 aliphatic rings. The van der Waals surface area contributed by atoms with Crippen LogP contribution in [0.15, 0.2) is 30.3 Å². The van der Waals surface area contributed by atoms with Crippen LogP contribution in [0.4, 0.5) is 0 Å². The fourth-order valence-corrected chi connectivity index (χ4v) is 3.46. The molecule has 2 aromatic rings.